The molecule has 34 heavy (non-hydrogen) atoms. The zero-order chi connectivity index (χ0) is 23.5. The number of carbonyl (C=O) groups is 1. The van der Waals surface area contributed by atoms with Crippen LogP contribution in [0, 0.1) is 0 Å². The summed E-state index contributed by atoms with van der Waals surface area (Å²) in [5.74, 6) is 0.861. The van der Waals surface area contributed by atoms with Gasteiger partial charge in [-0.3, -0.25) is 4.79 Å². The van der Waals surface area contributed by atoms with Crippen LogP contribution in [-0.2, 0) is 6.42 Å². The molecule has 4 aromatic carbocycles. The summed E-state index contributed by atoms with van der Waals surface area (Å²) >= 11 is 0. The minimum absolute atomic E-state index is 0.0169. The van der Waals surface area contributed by atoms with Gasteiger partial charge in [0.25, 0.3) is 5.91 Å². The second-order valence-electron chi connectivity index (χ2n) is 9.03. The van der Waals surface area contributed by atoms with Gasteiger partial charge in [0.2, 0.25) is 0 Å². The maximum Gasteiger partial charge on any atom is 0.258 e. The molecule has 1 unspecified atom stereocenters. The van der Waals surface area contributed by atoms with Crippen molar-refractivity contribution < 1.29 is 9.53 Å². The van der Waals surface area contributed by atoms with Gasteiger partial charge in [0.05, 0.1) is 12.2 Å². The van der Waals surface area contributed by atoms with Crippen LogP contribution >= 0.6 is 0 Å². The number of nitrogens with zero attached hydrogens (tertiary/aromatic N) is 1. The number of benzene rings is 4. The smallest absolute Gasteiger partial charge is 0.258 e. The highest BCUT2D eigenvalue weighted by molar-refractivity contribution is 6.02. The summed E-state index contributed by atoms with van der Waals surface area (Å²) in [6.45, 7) is 4.73. The molecule has 1 N–H and O–H groups in total. The van der Waals surface area contributed by atoms with E-state index < -0.39 is 0 Å². The topological polar surface area (TPSA) is 41.6 Å². The average molecular weight is 451 g/mol. The van der Waals surface area contributed by atoms with Crippen molar-refractivity contribution in [3.8, 4) is 5.75 Å². The normalized spacial score (nSPS) is 15.3. The summed E-state index contributed by atoms with van der Waals surface area (Å²) < 4.78 is 6.39. The number of ether oxygens (including phenoxy) is 1. The van der Waals surface area contributed by atoms with Crippen molar-refractivity contribution in [1.82, 2.24) is 4.90 Å². The van der Waals surface area contributed by atoms with Crippen LogP contribution < -0.4 is 10.1 Å². The van der Waals surface area contributed by atoms with E-state index >= 15 is 0 Å². The zero-order valence-corrected chi connectivity index (χ0v) is 19.7. The standard InChI is InChI=1S/C30H30N2O2/c1-21(2)32-29(31-26-17-9-8-16-25(26)30(32)33)28-24-15-7-6-14-23(24)18-19-27(28)34-20-10-13-22-11-4-3-5-12-22/h3-9,11-12,14-19,21,29,31H,10,13,20H2,1-2H3. The SMILES string of the molecule is CC(C)N1C(=O)c2ccccc2NC1c1c(OCCCc2ccccc2)ccc2ccccc12. The Hall–Kier alpha value is -3.79. The van der Waals surface area contributed by atoms with E-state index in [1.807, 2.05) is 53.4 Å². The van der Waals surface area contributed by atoms with Gasteiger partial charge in [-0.25, -0.2) is 0 Å². The predicted octanol–water partition coefficient (Wildman–Crippen LogP) is 6.83. The first-order chi connectivity index (χ1) is 16.6. The van der Waals surface area contributed by atoms with Crippen molar-refractivity contribution in [2.24, 2.45) is 0 Å². The summed E-state index contributed by atoms with van der Waals surface area (Å²) in [6.07, 6.45) is 1.57. The third kappa shape index (κ3) is 4.24. The summed E-state index contributed by atoms with van der Waals surface area (Å²) in [7, 11) is 0. The Kier molecular flexibility index (Phi) is 6.22. The fourth-order valence-corrected chi connectivity index (χ4v) is 4.80. The number of amides is 1. The zero-order valence-electron chi connectivity index (χ0n) is 19.7. The van der Waals surface area contributed by atoms with Crippen LogP contribution in [0.1, 0.15) is 47.9 Å². The lowest BCUT2D eigenvalue weighted by Gasteiger charge is -2.41. The molecule has 4 heteroatoms. The fraction of sp³-hybridized carbons (Fsp3) is 0.233. The molecule has 1 atom stereocenters. The van der Waals surface area contributed by atoms with Crippen molar-refractivity contribution >= 4 is 22.4 Å². The molecule has 172 valence electrons. The highest BCUT2D eigenvalue weighted by Gasteiger charge is 2.36. The molecule has 1 aliphatic rings. The number of aryl methyl sites for hydroxylation is 1. The number of carbonyl (C=O) groups excluding carboxylic acids is 1. The molecule has 1 amide bonds. The van der Waals surface area contributed by atoms with E-state index in [1.165, 1.54) is 5.56 Å². The monoisotopic (exact) mass is 450 g/mol. The van der Waals surface area contributed by atoms with Gasteiger partial charge in [-0.2, -0.15) is 0 Å². The molecule has 0 aliphatic carbocycles. The Balaban J connectivity index is 1.51. The van der Waals surface area contributed by atoms with E-state index in [9.17, 15) is 4.79 Å². The number of rotatable bonds is 7. The average Bonchev–Trinajstić information content (AvgIpc) is 2.86. The van der Waals surface area contributed by atoms with E-state index in [0.717, 1.165) is 40.6 Å². The minimum atomic E-state index is -0.322. The van der Waals surface area contributed by atoms with E-state index in [4.69, 9.17) is 4.74 Å². The molecule has 0 aromatic heterocycles. The molecule has 5 rings (SSSR count). The van der Waals surface area contributed by atoms with Crippen LogP contribution in [-0.4, -0.2) is 23.5 Å². The molecule has 4 nitrogen and oxygen atoms in total. The van der Waals surface area contributed by atoms with Crippen LogP contribution in [0.5, 0.6) is 5.75 Å². The van der Waals surface area contributed by atoms with Gasteiger partial charge in [-0.05, 0) is 61.2 Å². The molecular weight excluding hydrogens is 420 g/mol. The summed E-state index contributed by atoms with van der Waals surface area (Å²) in [6, 6.07) is 30.7. The molecule has 0 saturated carbocycles. The number of hydrogen-bond acceptors (Lipinski definition) is 3. The Morgan fingerprint density at radius 1 is 0.882 bits per heavy atom. The number of nitrogens with one attached hydrogen (secondary N) is 1. The maximum atomic E-state index is 13.6. The third-order valence-electron chi connectivity index (χ3n) is 6.43. The number of hydrogen-bond donors (Lipinski definition) is 1. The van der Waals surface area contributed by atoms with Gasteiger partial charge >= 0.3 is 0 Å². The van der Waals surface area contributed by atoms with E-state index in [2.05, 4.69) is 61.6 Å². The number of para-hydroxylation sites is 1. The Labute approximate surface area is 201 Å². The maximum absolute atomic E-state index is 13.6. The van der Waals surface area contributed by atoms with Gasteiger partial charge in [0.1, 0.15) is 11.9 Å². The van der Waals surface area contributed by atoms with Crippen LogP contribution in [0.25, 0.3) is 10.8 Å². The first-order valence-electron chi connectivity index (χ1n) is 12.0. The quantitative estimate of drug-likeness (QED) is 0.314. The summed E-state index contributed by atoms with van der Waals surface area (Å²) in [5.41, 5.74) is 3.89. The predicted molar refractivity (Wildman–Crippen MR) is 138 cm³/mol. The van der Waals surface area contributed by atoms with E-state index in [-0.39, 0.29) is 18.1 Å². The Bertz CT molecular complexity index is 1300. The van der Waals surface area contributed by atoms with Gasteiger partial charge in [-0.1, -0.05) is 72.8 Å². The van der Waals surface area contributed by atoms with Crippen molar-refractivity contribution in [1.29, 1.82) is 0 Å². The lowest BCUT2D eigenvalue weighted by Crippen LogP contribution is -2.46. The molecule has 0 fully saturated rings. The van der Waals surface area contributed by atoms with Gasteiger partial charge < -0.3 is 15.0 Å². The van der Waals surface area contributed by atoms with Gasteiger partial charge in [-0.15, -0.1) is 0 Å². The molecule has 1 heterocycles. The second-order valence-corrected chi connectivity index (χ2v) is 9.03. The van der Waals surface area contributed by atoms with Crippen molar-refractivity contribution in [2.75, 3.05) is 11.9 Å². The van der Waals surface area contributed by atoms with Crippen molar-refractivity contribution in [3.05, 3.63) is 108 Å². The fourth-order valence-electron chi connectivity index (χ4n) is 4.80. The van der Waals surface area contributed by atoms with Crippen LogP contribution in [0.4, 0.5) is 5.69 Å². The van der Waals surface area contributed by atoms with Crippen molar-refractivity contribution in [3.63, 3.8) is 0 Å². The van der Waals surface area contributed by atoms with Crippen molar-refractivity contribution in [2.45, 2.75) is 38.9 Å². The summed E-state index contributed by atoms with van der Waals surface area (Å²) in [5, 5.41) is 5.88. The lowest BCUT2D eigenvalue weighted by molar-refractivity contribution is 0.0615. The van der Waals surface area contributed by atoms with E-state index in [0.29, 0.717) is 12.2 Å². The first-order valence-corrected chi connectivity index (χ1v) is 12.0. The number of fused-ring (bicyclic) bond motifs is 2. The Morgan fingerprint density at radius 3 is 2.44 bits per heavy atom. The molecule has 4 aromatic rings. The molecule has 0 saturated heterocycles. The molecule has 0 bridgehead atoms. The van der Waals surface area contributed by atoms with Crippen LogP contribution in [0.3, 0.4) is 0 Å². The highest BCUT2D eigenvalue weighted by Crippen LogP contribution is 2.41. The van der Waals surface area contributed by atoms with Crippen LogP contribution in [0.2, 0.25) is 0 Å². The molecular formula is C30H30N2O2. The molecule has 0 radical (unpaired) electrons. The van der Waals surface area contributed by atoms with E-state index in [1.54, 1.807) is 0 Å². The first kappa shape index (κ1) is 22.0. The minimum Gasteiger partial charge on any atom is -0.493 e. The largest absolute Gasteiger partial charge is 0.493 e. The van der Waals surface area contributed by atoms with Gasteiger partial charge in [0.15, 0.2) is 0 Å². The summed E-state index contributed by atoms with van der Waals surface area (Å²) in [4.78, 5) is 15.5. The Morgan fingerprint density at radius 2 is 1.62 bits per heavy atom. The van der Waals surface area contributed by atoms with Gasteiger partial charge in [0, 0.05) is 17.3 Å². The third-order valence-corrected chi connectivity index (χ3v) is 6.43. The second kappa shape index (κ2) is 9.60. The highest BCUT2D eigenvalue weighted by atomic mass is 16.5. The number of anilines is 1. The lowest BCUT2D eigenvalue weighted by atomic mass is 9.96. The van der Waals surface area contributed by atoms with Crippen LogP contribution in [0.15, 0.2) is 91.0 Å². The molecule has 1 aliphatic heterocycles. The molecule has 0 spiro atoms.